The summed E-state index contributed by atoms with van der Waals surface area (Å²) in [6, 6.07) is -0.0195. The number of aliphatic hydroxyl groups excluding tert-OH is 1. The molecule has 2 bridgehead atoms. The molecule has 4 aliphatic rings. The lowest BCUT2D eigenvalue weighted by molar-refractivity contribution is -0.145. The number of likely N-dealkylation sites (tertiary alicyclic amines) is 1. The molecule has 0 spiro atoms. The minimum absolute atomic E-state index is 0.0455. The predicted octanol–water partition coefficient (Wildman–Crippen LogP) is 0.0806. The van der Waals surface area contributed by atoms with E-state index in [-0.39, 0.29) is 100 Å². The molecule has 0 saturated carbocycles. The van der Waals surface area contributed by atoms with Crippen LogP contribution in [0.2, 0.25) is 0 Å². The number of imide groups is 1. The van der Waals surface area contributed by atoms with Crippen LogP contribution in [0.5, 0.6) is 0 Å². The van der Waals surface area contributed by atoms with Gasteiger partial charge in [-0.3, -0.25) is 72.0 Å². The highest BCUT2D eigenvalue weighted by Gasteiger charge is 2.45. The highest BCUT2D eigenvalue weighted by Crippen LogP contribution is 2.35. The number of amides is 10. The fourth-order valence-corrected chi connectivity index (χ4v) is 12.8. The topological polar surface area (TPSA) is 380 Å². The lowest BCUT2D eigenvalue weighted by Gasteiger charge is -2.31. The van der Waals surface area contributed by atoms with Gasteiger partial charge in [-0.1, -0.05) is 53.5 Å². The van der Waals surface area contributed by atoms with Gasteiger partial charge in [0.1, 0.15) is 23.7 Å². The summed E-state index contributed by atoms with van der Waals surface area (Å²) in [6.07, 6.45) is -0.788. The van der Waals surface area contributed by atoms with E-state index in [1.807, 2.05) is 0 Å². The Morgan fingerprint density at radius 2 is 1.48 bits per heavy atom. The monoisotopic (exact) mass is 1220 g/mol. The zero-order chi connectivity index (χ0) is 62.4. The Bertz CT molecular complexity index is 2930. The molecule has 27 heteroatoms. The number of ketones is 4. The molecule has 0 aliphatic carbocycles. The fourth-order valence-electron chi connectivity index (χ4n) is 11.0. The van der Waals surface area contributed by atoms with Crippen molar-refractivity contribution in [3.05, 3.63) is 29.3 Å². The van der Waals surface area contributed by atoms with Crippen LogP contribution in [0.4, 0.5) is 0 Å². The van der Waals surface area contributed by atoms with E-state index >= 15 is 0 Å². The molecule has 1 aromatic carbocycles. The molecule has 2 aromatic rings. The van der Waals surface area contributed by atoms with E-state index in [1.165, 1.54) is 11.8 Å². The second kappa shape index (κ2) is 30.9. The van der Waals surface area contributed by atoms with E-state index in [1.54, 1.807) is 59.1 Å². The number of aromatic nitrogens is 1. The van der Waals surface area contributed by atoms with E-state index in [0.29, 0.717) is 39.9 Å². The molecule has 4 aliphatic heterocycles. The van der Waals surface area contributed by atoms with Gasteiger partial charge < -0.3 is 52.6 Å². The second-order valence-corrected chi connectivity index (χ2v) is 24.9. The smallest absolute Gasteiger partial charge is 0.243 e. The zero-order valence-electron chi connectivity index (χ0n) is 49.0. The van der Waals surface area contributed by atoms with Crippen molar-refractivity contribution in [2.45, 2.75) is 159 Å². The van der Waals surface area contributed by atoms with E-state index in [2.05, 4.69) is 36.9 Å². The van der Waals surface area contributed by atoms with Crippen molar-refractivity contribution in [3.63, 3.8) is 0 Å². The van der Waals surface area contributed by atoms with Crippen LogP contribution in [0.3, 0.4) is 0 Å². The van der Waals surface area contributed by atoms with Crippen LogP contribution in [0.1, 0.15) is 116 Å². The maximum atomic E-state index is 14.8. The lowest BCUT2D eigenvalue weighted by Crippen LogP contribution is -2.55. The molecular weight excluding hydrogens is 1140 g/mol. The number of carbonyl (C=O) groups is 14. The summed E-state index contributed by atoms with van der Waals surface area (Å²) in [7, 11) is 0. The summed E-state index contributed by atoms with van der Waals surface area (Å²) in [5.74, 6) is -13.2. The van der Waals surface area contributed by atoms with Gasteiger partial charge in [-0.25, -0.2) is 0 Å². The van der Waals surface area contributed by atoms with Crippen molar-refractivity contribution in [3.8, 4) is 0 Å². The Morgan fingerprint density at radius 3 is 2.15 bits per heavy atom. The quantitative estimate of drug-likeness (QED) is 0.0664. The first-order chi connectivity index (χ1) is 40.3. The molecular formula is C58H80N10O15S2. The molecule has 1 aromatic heterocycles. The lowest BCUT2D eigenvalue weighted by atomic mass is 9.86. The molecule has 11 atom stereocenters. The average molecular weight is 1220 g/mol. The van der Waals surface area contributed by atoms with Gasteiger partial charge in [0.25, 0.3) is 0 Å². The molecule has 464 valence electrons. The van der Waals surface area contributed by atoms with Gasteiger partial charge in [-0.05, 0) is 54.2 Å². The molecule has 6 rings (SSSR count). The third-order valence-electron chi connectivity index (χ3n) is 16.4. The highest BCUT2D eigenvalue weighted by molar-refractivity contribution is 8.00. The Balaban J connectivity index is 1.31. The number of nitrogens with two attached hydrogens (primary N) is 1. The van der Waals surface area contributed by atoms with Gasteiger partial charge in [0.2, 0.25) is 59.1 Å². The van der Waals surface area contributed by atoms with Gasteiger partial charge in [0, 0.05) is 106 Å². The number of hydrogen-bond donors (Lipinski definition) is 9. The van der Waals surface area contributed by atoms with Gasteiger partial charge >= 0.3 is 0 Å². The molecule has 2 saturated heterocycles. The maximum absolute atomic E-state index is 14.8. The molecule has 2 fully saturated rings. The number of aromatic amines is 1. The van der Waals surface area contributed by atoms with Crippen molar-refractivity contribution in [1.29, 1.82) is 0 Å². The Labute approximate surface area is 501 Å². The van der Waals surface area contributed by atoms with Crippen molar-refractivity contribution in [2.75, 3.05) is 44.7 Å². The van der Waals surface area contributed by atoms with Crippen molar-refractivity contribution < 1.29 is 72.2 Å². The molecule has 5 heterocycles. The first kappa shape index (κ1) is 67.1. The van der Waals surface area contributed by atoms with Crippen LogP contribution in [0.15, 0.2) is 23.2 Å². The second-order valence-electron chi connectivity index (χ2n) is 22.8. The molecule has 10 amide bonds. The number of benzene rings is 1. The maximum Gasteiger partial charge on any atom is 0.243 e. The number of nitrogens with zero attached hydrogens (tertiary/aromatic N) is 2. The SMILES string of the molecule is CCC(C)[C@@H]1NC(=O)[C@@H]2C[C@@H](O)CN2C(=O)[C@H](CC(N)=O)CC(=O)[C@@H]2CSc3[nH]c4ccc(CC(=O)CCCNC(=O)C(C)CC(=O)CCN5C(=O)CC(SC)C5=O)cc4c3C[C@H](CC1=O)C(=O)NCC(=O)N[C@@H]([C@@H](C)CC)C(=O)NCC(=O)N2. The summed E-state index contributed by atoms with van der Waals surface area (Å²) < 4.78 is 0. The van der Waals surface area contributed by atoms with Crippen LogP contribution in [-0.4, -0.2) is 182 Å². The highest BCUT2D eigenvalue weighted by atomic mass is 32.2. The third kappa shape index (κ3) is 18.0. The molecule has 0 radical (unpaired) electrons. The fraction of sp³-hybridized carbons (Fsp3) is 0.621. The number of primary amides is 1. The largest absolute Gasteiger partial charge is 0.391 e. The predicted molar refractivity (Wildman–Crippen MR) is 313 cm³/mol. The molecule has 3 unspecified atom stereocenters. The number of thioether (sulfide) groups is 2. The first-order valence-electron chi connectivity index (χ1n) is 29.0. The summed E-state index contributed by atoms with van der Waals surface area (Å²) in [6.45, 7) is 7.04. The van der Waals surface area contributed by atoms with E-state index in [0.717, 1.165) is 21.6 Å². The number of Topliss-reactive ketones (excluding diaryl/α,β-unsaturated/α-hetero) is 4. The normalized spacial score (nSPS) is 25.4. The van der Waals surface area contributed by atoms with Gasteiger partial charge in [0.15, 0.2) is 11.6 Å². The van der Waals surface area contributed by atoms with Crippen LogP contribution < -0.4 is 37.6 Å². The Hall–Kier alpha value is -7.00. The van der Waals surface area contributed by atoms with Crippen molar-refractivity contribution in [1.82, 2.24) is 46.7 Å². The van der Waals surface area contributed by atoms with Crippen LogP contribution in [0.25, 0.3) is 10.9 Å². The number of fused-ring (bicyclic) bond motifs is 5. The number of nitrogens with one attached hydrogen (secondary N) is 7. The van der Waals surface area contributed by atoms with Crippen LogP contribution >= 0.6 is 23.5 Å². The number of aliphatic hydroxyl groups is 1. The van der Waals surface area contributed by atoms with Crippen LogP contribution in [0, 0.1) is 29.6 Å². The summed E-state index contributed by atoms with van der Waals surface area (Å²) >= 11 is 2.33. The average Bonchev–Trinajstić information content (AvgIpc) is 2.54. The number of hydrogen-bond acceptors (Lipinski definition) is 17. The van der Waals surface area contributed by atoms with Gasteiger partial charge in [-0.15, -0.1) is 11.8 Å². The Kier molecular flexibility index (Phi) is 24.4. The summed E-state index contributed by atoms with van der Waals surface area (Å²) in [4.78, 5) is 196. The number of H-pyrrole nitrogens is 1. The minimum atomic E-state index is -1.46. The van der Waals surface area contributed by atoms with E-state index in [9.17, 15) is 72.2 Å². The van der Waals surface area contributed by atoms with Gasteiger partial charge in [-0.2, -0.15) is 11.8 Å². The van der Waals surface area contributed by atoms with E-state index in [4.69, 9.17) is 5.73 Å². The van der Waals surface area contributed by atoms with Gasteiger partial charge in [0.05, 0.1) is 47.5 Å². The minimum Gasteiger partial charge on any atom is -0.391 e. The molecule has 10 N–H and O–H groups in total. The summed E-state index contributed by atoms with van der Waals surface area (Å²) in [5.41, 5.74) is 7.16. The number of rotatable bonds is 19. The third-order valence-corrected chi connectivity index (χ3v) is 18.4. The first-order valence-corrected chi connectivity index (χ1v) is 31.3. The molecule has 25 nitrogen and oxygen atoms in total. The number of carbonyl (C=O) groups excluding carboxylic acids is 14. The summed E-state index contributed by atoms with van der Waals surface area (Å²) in [5, 5.41) is 27.3. The molecule has 85 heavy (non-hydrogen) atoms. The Morgan fingerprint density at radius 1 is 0.800 bits per heavy atom. The standard InChI is InChI=1S/C58H80N10O15S2/c1-7-29(3)50-44(73)20-33-19-39-38-18-32(17-35(69)10-9-14-60-52(78)31(5)16-36(70)13-15-67-49(77)24-45(84-6)58(67)83)11-12-40(38)64-56(39)85-28-41(63-47(75)25-62-55(81)51(30(4)8-2)65-48(76)26-61-53(33)79)43(72)21-34(22-46(59)74)57(82)68-27-37(71)23-42(68)54(80)66-50/h11-12,18,29-31,33-34,37,41-42,45,50-51,64,71H,7-10,13-17,19-28H2,1-6H3,(H2,59,74)(H,60,78)(H,61,79)(H,62,81)(H,63,75)(H,65,76)(H,66,80)/t29?,30-,31?,33+,34-,37+,41-,42-,45?,50-,51-/m0/s1. The zero-order valence-corrected chi connectivity index (χ0v) is 50.6. The van der Waals surface area contributed by atoms with Crippen molar-refractivity contribution >= 4 is 117 Å². The van der Waals surface area contributed by atoms with E-state index < -0.39 is 156 Å². The van der Waals surface area contributed by atoms with Crippen LogP contribution in [-0.2, 0) is 80.0 Å². The van der Waals surface area contributed by atoms with Crippen molar-refractivity contribution in [2.24, 2.45) is 35.3 Å².